The molecule has 1 aromatic carbocycles. The highest BCUT2D eigenvalue weighted by Crippen LogP contribution is 2.25. The van der Waals surface area contributed by atoms with E-state index in [2.05, 4.69) is 16.9 Å². The Morgan fingerprint density at radius 1 is 1.27 bits per heavy atom. The van der Waals surface area contributed by atoms with Gasteiger partial charge in [0.2, 0.25) is 0 Å². The van der Waals surface area contributed by atoms with Gasteiger partial charge in [0.15, 0.2) is 0 Å². The summed E-state index contributed by atoms with van der Waals surface area (Å²) in [7, 11) is 1.41. The van der Waals surface area contributed by atoms with Crippen molar-refractivity contribution in [2.75, 3.05) is 7.11 Å². The lowest BCUT2D eigenvalue weighted by atomic mass is 10.0. The maximum atomic E-state index is 12.0. The van der Waals surface area contributed by atoms with E-state index in [1.807, 2.05) is 37.3 Å². The number of ether oxygens (including phenoxy) is 1. The number of nitrogens with zero attached hydrogens (tertiary/aromatic N) is 2. The predicted molar refractivity (Wildman–Crippen MR) is 86.5 cm³/mol. The third kappa shape index (κ3) is 3.70. The summed E-state index contributed by atoms with van der Waals surface area (Å²) in [6, 6.07) is 9.95. The van der Waals surface area contributed by atoms with E-state index >= 15 is 0 Å². The molecule has 0 aliphatic heterocycles. The van der Waals surface area contributed by atoms with Gasteiger partial charge in [-0.05, 0) is 18.9 Å². The molecular weight excluding hydrogens is 276 g/mol. The first-order valence-electron chi connectivity index (χ1n) is 7.64. The maximum Gasteiger partial charge on any atom is 0.316 e. The minimum absolute atomic E-state index is 0.267. The van der Waals surface area contributed by atoms with E-state index in [-0.39, 0.29) is 5.97 Å². The summed E-state index contributed by atoms with van der Waals surface area (Å²) in [4.78, 5) is 21.1. The zero-order valence-corrected chi connectivity index (χ0v) is 13.4. The van der Waals surface area contributed by atoms with Crippen LogP contribution in [0.15, 0.2) is 36.5 Å². The molecule has 0 saturated heterocycles. The number of esters is 1. The quantitative estimate of drug-likeness (QED) is 0.759. The lowest BCUT2D eigenvalue weighted by Gasteiger charge is -2.15. The van der Waals surface area contributed by atoms with Crippen molar-refractivity contribution in [3.05, 3.63) is 47.9 Å². The fraction of sp³-hybridized carbons (Fsp3) is 0.389. The van der Waals surface area contributed by atoms with E-state index < -0.39 is 5.92 Å². The Kier molecular flexibility index (Phi) is 5.64. The molecule has 0 fully saturated rings. The number of carbonyl (C=O) groups excluding carboxylic acids is 1. The number of aromatic nitrogens is 2. The van der Waals surface area contributed by atoms with Gasteiger partial charge < -0.3 is 4.74 Å². The molecule has 0 aliphatic carbocycles. The van der Waals surface area contributed by atoms with E-state index in [0.717, 1.165) is 29.7 Å². The minimum Gasteiger partial charge on any atom is -0.468 e. The van der Waals surface area contributed by atoms with Crippen LogP contribution in [0, 0.1) is 6.92 Å². The highest BCUT2D eigenvalue weighted by molar-refractivity contribution is 5.77. The molecule has 0 radical (unpaired) electrons. The number of methoxy groups -OCH3 is 1. The SMILES string of the molecule is CCCCC(C(=O)OC)c1ncc(C)c(-c2ccccc2)n1. The van der Waals surface area contributed by atoms with Gasteiger partial charge in [-0.2, -0.15) is 0 Å². The molecule has 0 saturated carbocycles. The summed E-state index contributed by atoms with van der Waals surface area (Å²) in [6.07, 6.45) is 4.45. The van der Waals surface area contributed by atoms with Crippen LogP contribution in [0.1, 0.15) is 43.5 Å². The van der Waals surface area contributed by atoms with Crippen molar-refractivity contribution in [3.8, 4) is 11.3 Å². The molecule has 0 N–H and O–H groups in total. The first kappa shape index (κ1) is 16.1. The van der Waals surface area contributed by atoms with Crippen LogP contribution in [0.4, 0.5) is 0 Å². The van der Waals surface area contributed by atoms with Crippen molar-refractivity contribution in [2.45, 2.75) is 39.0 Å². The van der Waals surface area contributed by atoms with Crippen LogP contribution >= 0.6 is 0 Å². The van der Waals surface area contributed by atoms with E-state index in [1.54, 1.807) is 6.20 Å². The molecule has 1 atom stereocenters. The van der Waals surface area contributed by atoms with Crippen LogP contribution in [0.5, 0.6) is 0 Å². The monoisotopic (exact) mass is 298 g/mol. The van der Waals surface area contributed by atoms with Gasteiger partial charge >= 0.3 is 5.97 Å². The molecule has 4 nitrogen and oxygen atoms in total. The Hall–Kier alpha value is -2.23. The molecule has 0 aliphatic rings. The second kappa shape index (κ2) is 7.69. The second-order valence-electron chi connectivity index (χ2n) is 5.34. The topological polar surface area (TPSA) is 52.1 Å². The summed E-state index contributed by atoms with van der Waals surface area (Å²) >= 11 is 0. The van der Waals surface area contributed by atoms with Gasteiger partial charge in [-0.1, -0.05) is 50.1 Å². The Balaban J connectivity index is 2.40. The Labute approximate surface area is 131 Å². The molecule has 0 bridgehead atoms. The average molecular weight is 298 g/mol. The fourth-order valence-electron chi connectivity index (χ4n) is 2.41. The van der Waals surface area contributed by atoms with Crippen molar-refractivity contribution in [1.82, 2.24) is 9.97 Å². The lowest BCUT2D eigenvalue weighted by Crippen LogP contribution is -2.17. The lowest BCUT2D eigenvalue weighted by molar-refractivity contribution is -0.142. The zero-order valence-electron chi connectivity index (χ0n) is 13.4. The third-order valence-electron chi connectivity index (χ3n) is 3.68. The van der Waals surface area contributed by atoms with E-state index in [9.17, 15) is 4.79 Å². The summed E-state index contributed by atoms with van der Waals surface area (Å²) in [5, 5.41) is 0. The molecule has 1 heterocycles. The Bertz CT molecular complexity index is 626. The molecule has 1 aromatic heterocycles. The summed E-state index contributed by atoms with van der Waals surface area (Å²) in [5.41, 5.74) is 2.90. The smallest absolute Gasteiger partial charge is 0.316 e. The Morgan fingerprint density at radius 3 is 2.64 bits per heavy atom. The first-order valence-corrected chi connectivity index (χ1v) is 7.64. The van der Waals surface area contributed by atoms with Crippen LogP contribution in [-0.2, 0) is 9.53 Å². The molecule has 22 heavy (non-hydrogen) atoms. The number of hydrogen-bond donors (Lipinski definition) is 0. The predicted octanol–water partition coefficient (Wildman–Crippen LogP) is 3.90. The molecule has 0 spiro atoms. The van der Waals surface area contributed by atoms with Gasteiger partial charge in [0.05, 0.1) is 12.8 Å². The van der Waals surface area contributed by atoms with Crippen LogP contribution in [-0.4, -0.2) is 23.0 Å². The van der Waals surface area contributed by atoms with Gasteiger partial charge in [0.25, 0.3) is 0 Å². The fourth-order valence-corrected chi connectivity index (χ4v) is 2.41. The van der Waals surface area contributed by atoms with E-state index in [1.165, 1.54) is 7.11 Å². The van der Waals surface area contributed by atoms with E-state index in [4.69, 9.17) is 4.74 Å². The largest absolute Gasteiger partial charge is 0.468 e. The van der Waals surface area contributed by atoms with Crippen molar-refractivity contribution in [3.63, 3.8) is 0 Å². The standard InChI is InChI=1S/C18H22N2O2/c1-4-5-11-15(18(21)22-3)17-19-12-13(2)16(20-17)14-9-7-6-8-10-14/h6-10,12,15H,4-5,11H2,1-3H3. The molecule has 4 heteroatoms. The molecule has 2 rings (SSSR count). The molecule has 0 amide bonds. The van der Waals surface area contributed by atoms with Gasteiger partial charge in [0.1, 0.15) is 11.7 Å². The van der Waals surface area contributed by atoms with Crippen LogP contribution in [0.2, 0.25) is 0 Å². The summed E-state index contributed by atoms with van der Waals surface area (Å²) in [6.45, 7) is 4.07. The second-order valence-corrected chi connectivity index (χ2v) is 5.34. The average Bonchev–Trinajstić information content (AvgIpc) is 2.57. The van der Waals surface area contributed by atoms with Crippen LogP contribution in [0.25, 0.3) is 11.3 Å². The number of carbonyl (C=O) groups is 1. The molecule has 1 unspecified atom stereocenters. The molecular formula is C18H22N2O2. The number of hydrogen-bond acceptors (Lipinski definition) is 4. The van der Waals surface area contributed by atoms with Gasteiger partial charge in [-0.3, -0.25) is 4.79 Å². The van der Waals surface area contributed by atoms with Crippen molar-refractivity contribution in [1.29, 1.82) is 0 Å². The first-order chi connectivity index (χ1) is 10.7. The van der Waals surface area contributed by atoms with Crippen molar-refractivity contribution >= 4 is 5.97 Å². The number of aryl methyl sites for hydroxylation is 1. The normalized spacial score (nSPS) is 12.0. The number of rotatable bonds is 6. The minimum atomic E-state index is -0.395. The summed E-state index contributed by atoms with van der Waals surface area (Å²) in [5.74, 6) is -0.117. The van der Waals surface area contributed by atoms with Gasteiger partial charge in [-0.25, -0.2) is 9.97 Å². The summed E-state index contributed by atoms with van der Waals surface area (Å²) < 4.78 is 4.92. The van der Waals surface area contributed by atoms with Crippen LogP contribution < -0.4 is 0 Å². The number of unbranched alkanes of at least 4 members (excludes halogenated alkanes) is 1. The highest BCUT2D eigenvalue weighted by Gasteiger charge is 2.24. The molecule has 116 valence electrons. The third-order valence-corrected chi connectivity index (χ3v) is 3.68. The van der Waals surface area contributed by atoms with Crippen molar-refractivity contribution < 1.29 is 9.53 Å². The van der Waals surface area contributed by atoms with Gasteiger partial charge in [0, 0.05) is 11.8 Å². The Morgan fingerprint density at radius 2 is 2.00 bits per heavy atom. The van der Waals surface area contributed by atoms with Crippen LogP contribution in [0.3, 0.4) is 0 Å². The van der Waals surface area contributed by atoms with Gasteiger partial charge in [-0.15, -0.1) is 0 Å². The highest BCUT2D eigenvalue weighted by atomic mass is 16.5. The van der Waals surface area contributed by atoms with Crippen molar-refractivity contribution in [2.24, 2.45) is 0 Å². The molecule has 2 aromatic rings. The van der Waals surface area contributed by atoms with E-state index in [0.29, 0.717) is 12.2 Å². The maximum absolute atomic E-state index is 12.0. The number of benzene rings is 1. The zero-order chi connectivity index (χ0) is 15.9.